The second-order valence-corrected chi connectivity index (χ2v) is 4.57. The van der Waals surface area contributed by atoms with E-state index in [4.69, 9.17) is 10.5 Å². The van der Waals surface area contributed by atoms with Crippen molar-refractivity contribution in [3.63, 3.8) is 0 Å². The second-order valence-electron chi connectivity index (χ2n) is 4.57. The molecule has 1 aromatic heterocycles. The molecule has 0 spiro atoms. The summed E-state index contributed by atoms with van der Waals surface area (Å²) in [5.74, 6) is 1.89. The summed E-state index contributed by atoms with van der Waals surface area (Å²) in [4.78, 5) is 8.46. The van der Waals surface area contributed by atoms with Crippen LogP contribution in [0.3, 0.4) is 0 Å². The van der Waals surface area contributed by atoms with Crippen LogP contribution >= 0.6 is 0 Å². The summed E-state index contributed by atoms with van der Waals surface area (Å²) in [6.45, 7) is 2.58. The van der Waals surface area contributed by atoms with Crippen molar-refractivity contribution in [1.82, 2.24) is 9.97 Å². The van der Waals surface area contributed by atoms with Crippen LogP contribution in [-0.4, -0.2) is 22.6 Å². The molecule has 1 aliphatic carbocycles. The van der Waals surface area contributed by atoms with E-state index in [-0.39, 0.29) is 5.54 Å². The van der Waals surface area contributed by atoms with Gasteiger partial charge in [0.25, 0.3) is 0 Å². The zero-order chi connectivity index (χ0) is 11.6. The maximum Gasteiger partial charge on any atom is 0.158 e. The molecular weight excluding hydrogens is 204 g/mol. The molecule has 88 valence electrons. The van der Waals surface area contributed by atoms with E-state index >= 15 is 0 Å². The SMILES string of the molecule is COCc1nc(N)cc(NC2(C)CCC2)n1. The van der Waals surface area contributed by atoms with E-state index in [9.17, 15) is 0 Å². The summed E-state index contributed by atoms with van der Waals surface area (Å²) in [5, 5.41) is 3.41. The Morgan fingerprint density at radius 1 is 1.50 bits per heavy atom. The maximum atomic E-state index is 5.72. The molecule has 1 aromatic rings. The Morgan fingerprint density at radius 3 is 2.81 bits per heavy atom. The quantitative estimate of drug-likeness (QED) is 0.808. The molecule has 3 N–H and O–H groups in total. The molecule has 0 amide bonds. The summed E-state index contributed by atoms with van der Waals surface area (Å²) < 4.78 is 5.00. The number of hydrogen-bond acceptors (Lipinski definition) is 5. The van der Waals surface area contributed by atoms with Gasteiger partial charge in [-0.25, -0.2) is 9.97 Å². The lowest BCUT2D eigenvalue weighted by Gasteiger charge is -2.39. The van der Waals surface area contributed by atoms with Crippen molar-refractivity contribution in [2.24, 2.45) is 0 Å². The topological polar surface area (TPSA) is 73.1 Å². The summed E-state index contributed by atoms with van der Waals surface area (Å²) in [7, 11) is 1.62. The predicted molar refractivity (Wildman–Crippen MR) is 63.0 cm³/mol. The Hall–Kier alpha value is -1.36. The van der Waals surface area contributed by atoms with Crippen LogP contribution in [0.25, 0.3) is 0 Å². The molecule has 0 unspecified atom stereocenters. The van der Waals surface area contributed by atoms with Gasteiger partial charge in [-0.05, 0) is 26.2 Å². The molecule has 0 aromatic carbocycles. The molecule has 0 aliphatic heterocycles. The minimum atomic E-state index is 0.172. The van der Waals surface area contributed by atoms with Crippen molar-refractivity contribution in [3.8, 4) is 0 Å². The maximum absolute atomic E-state index is 5.72. The number of anilines is 2. The second kappa shape index (κ2) is 4.25. The zero-order valence-electron chi connectivity index (χ0n) is 9.79. The van der Waals surface area contributed by atoms with Crippen LogP contribution in [0.1, 0.15) is 32.0 Å². The van der Waals surface area contributed by atoms with Crippen LogP contribution in [0.5, 0.6) is 0 Å². The van der Waals surface area contributed by atoms with E-state index in [1.807, 2.05) is 0 Å². The van der Waals surface area contributed by atoms with Crippen LogP contribution in [-0.2, 0) is 11.3 Å². The van der Waals surface area contributed by atoms with E-state index in [1.54, 1.807) is 13.2 Å². The van der Waals surface area contributed by atoms with E-state index in [0.29, 0.717) is 18.2 Å². The number of rotatable bonds is 4. The van der Waals surface area contributed by atoms with Gasteiger partial charge in [-0.1, -0.05) is 0 Å². The largest absolute Gasteiger partial charge is 0.384 e. The number of ether oxygens (including phenoxy) is 1. The summed E-state index contributed by atoms with van der Waals surface area (Å²) in [6, 6.07) is 1.77. The highest BCUT2D eigenvalue weighted by Gasteiger charge is 2.31. The van der Waals surface area contributed by atoms with Gasteiger partial charge in [0.05, 0.1) is 0 Å². The van der Waals surface area contributed by atoms with Gasteiger partial charge in [-0.15, -0.1) is 0 Å². The van der Waals surface area contributed by atoms with Crippen LogP contribution in [0.15, 0.2) is 6.07 Å². The summed E-state index contributed by atoms with van der Waals surface area (Å²) >= 11 is 0. The van der Waals surface area contributed by atoms with Gasteiger partial charge in [-0.3, -0.25) is 0 Å². The third kappa shape index (κ3) is 2.41. The number of nitrogens with two attached hydrogens (primary N) is 1. The molecule has 0 saturated heterocycles. The zero-order valence-corrected chi connectivity index (χ0v) is 9.79. The monoisotopic (exact) mass is 222 g/mol. The standard InChI is InChI=1S/C11H18N4O/c1-11(4-3-5-11)15-9-6-8(12)13-10(14-9)7-16-2/h6H,3-5,7H2,1-2H3,(H3,12,13,14,15). The fraction of sp³-hybridized carbons (Fsp3) is 0.636. The van der Waals surface area contributed by atoms with Crippen molar-refractivity contribution < 1.29 is 4.74 Å². The lowest BCUT2D eigenvalue weighted by atomic mass is 9.78. The predicted octanol–water partition coefficient (Wildman–Crippen LogP) is 1.56. The average Bonchev–Trinajstić information content (AvgIpc) is 2.14. The molecule has 5 heteroatoms. The minimum Gasteiger partial charge on any atom is -0.384 e. The van der Waals surface area contributed by atoms with Gasteiger partial charge in [0, 0.05) is 18.7 Å². The number of methoxy groups -OCH3 is 1. The van der Waals surface area contributed by atoms with Gasteiger partial charge in [0.1, 0.15) is 18.2 Å². The Morgan fingerprint density at radius 2 is 2.25 bits per heavy atom. The van der Waals surface area contributed by atoms with E-state index in [2.05, 4.69) is 22.2 Å². The third-order valence-electron chi connectivity index (χ3n) is 2.95. The molecule has 0 radical (unpaired) electrons. The fourth-order valence-electron chi connectivity index (χ4n) is 1.92. The van der Waals surface area contributed by atoms with Crippen molar-refractivity contribution >= 4 is 11.6 Å². The van der Waals surface area contributed by atoms with Crippen LogP contribution in [0, 0.1) is 0 Å². The lowest BCUT2D eigenvalue weighted by molar-refractivity contribution is 0.178. The molecule has 1 saturated carbocycles. The molecule has 1 aliphatic rings. The van der Waals surface area contributed by atoms with Gasteiger partial charge >= 0.3 is 0 Å². The van der Waals surface area contributed by atoms with Gasteiger partial charge in [0.2, 0.25) is 0 Å². The molecule has 0 bridgehead atoms. The molecule has 2 rings (SSSR count). The molecule has 1 fully saturated rings. The smallest absolute Gasteiger partial charge is 0.158 e. The summed E-state index contributed by atoms with van der Waals surface area (Å²) in [5.41, 5.74) is 5.89. The first-order valence-electron chi connectivity index (χ1n) is 5.52. The first-order valence-corrected chi connectivity index (χ1v) is 5.52. The van der Waals surface area contributed by atoms with E-state index in [0.717, 1.165) is 5.82 Å². The average molecular weight is 222 g/mol. The van der Waals surface area contributed by atoms with Crippen molar-refractivity contribution in [2.75, 3.05) is 18.2 Å². The van der Waals surface area contributed by atoms with Gasteiger partial charge in [0.15, 0.2) is 5.82 Å². The van der Waals surface area contributed by atoms with E-state index < -0.39 is 0 Å². The normalized spacial score (nSPS) is 17.9. The highest BCUT2D eigenvalue weighted by atomic mass is 16.5. The number of nitrogens with zero attached hydrogens (tertiary/aromatic N) is 2. The number of nitrogen functional groups attached to an aromatic ring is 1. The molecule has 5 nitrogen and oxygen atoms in total. The summed E-state index contributed by atoms with van der Waals surface area (Å²) in [6.07, 6.45) is 3.63. The lowest BCUT2D eigenvalue weighted by Crippen LogP contribution is -2.42. The highest BCUT2D eigenvalue weighted by Crippen LogP contribution is 2.34. The van der Waals surface area contributed by atoms with E-state index in [1.165, 1.54) is 19.3 Å². The van der Waals surface area contributed by atoms with Crippen LogP contribution in [0.4, 0.5) is 11.6 Å². The molecule has 0 atom stereocenters. The number of aromatic nitrogens is 2. The number of nitrogens with one attached hydrogen (secondary N) is 1. The van der Waals surface area contributed by atoms with Gasteiger partial charge in [-0.2, -0.15) is 0 Å². The Kier molecular flexibility index (Phi) is 2.96. The van der Waals surface area contributed by atoms with Crippen LogP contribution in [0.2, 0.25) is 0 Å². The number of hydrogen-bond donors (Lipinski definition) is 2. The minimum absolute atomic E-state index is 0.172. The van der Waals surface area contributed by atoms with Crippen molar-refractivity contribution in [3.05, 3.63) is 11.9 Å². The molecule has 16 heavy (non-hydrogen) atoms. The Labute approximate surface area is 95.4 Å². The third-order valence-corrected chi connectivity index (χ3v) is 2.95. The highest BCUT2D eigenvalue weighted by molar-refractivity contribution is 5.46. The Bertz CT molecular complexity index is 376. The molecular formula is C11H18N4O. The van der Waals surface area contributed by atoms with Crippen molar-refractivity contribution in [1.29, 1.82) is 0 Å². The van der Waals surface area contributed by atoms with Crippen molar-refractivity contribution in [2.45, 2.75) is 38.3 Å². The fourth-order valence-corrected chi connectivity index (χ4v) is 1.92. The first-order chi connectivity index (χ1) is 7.61. The Balaban J connectivity index is 2.13. The molecule has 1 heterocycles. The van der Waals surface area contributed by atoms with Gasteiger partial charge < -0.3 is 15.8 Å². The van der Waals surface area contributed by atoms with Crippen LogP contribution < -0.4 is 11.1 Å². The first kappa shape index (κ1) is 11.1.